The van der Waals surface area contributed by atoms with Gasteiger partial charge in [-0.25, -0.2) is 4.98 Å². The van der Waals surface area contributed by atoms with Crippen LogP contribution in [0.25, 0.3) is 0 Å². The fourth-order valence-corrected chi connectivity index (χ4v) is 4.95. The van der Waals surface area contributed by atoms with E-state index < -0.39 is 0 Å². The predicted molar refractivity (Wildman–Crippen MR) is 121 cm³/mol. The Morgan fingerprint density at radius 2 is 1.93 bits per heavy atom. The number of rotatable bonds is 5. The third kappa shape index (κ3) is 5.24. The van der Waals surface area contributed by atoms with E-state index in [1.807, 2.05) is 6.20 Å². The van der Waals surface area contributed by atoms with Crippen molar-refractivity contribution in [1.82, 2.24) is 20.5 Å². The highest BCUT2D eigenvalue weighted by Crippen LogP contribution is 2.27. The van der Waals surface area contributed by atoms with Crippen LogP contribution in [0.15, 0.2) is 23.3 Å². The molecule has 1 saturated carbocycles. The Morgan fingerprint density at radius 1 is 1.13 bits per heavy atom. The quantitative estimate of drug-likeness (QED) is 0.574. The molecule has 1 aliphatic carbocycles. The maximum Gasteiger partial charge on any atom is 0.225 e. The molecule has 2 N–H and O–H groups in total. The normalized spacial score (nSPS) is 23.1. The van der Waals surface area contributed by atoms with E-state index in [0.29, 0.717) is 12.5 Å². The smallest absolute Gasteiger partial charge is 0.225 e. The summed E-state index contributed by atoms with van der Waals surface area (Å²) < 4.78 is 0. The fraction of sp³-hybridized carbons (Fsp3) is 0.696. The molecule has 7 heteroatoms. The highest BCUT2D eigenvalue weighted by atomic mass is 16.2. The van der Waals surface area contributed by atoms with Crippen LogP contribution in [-0.4, -0.2) is 61.0 Å². The predicted octanol–water partition coefficient (Wildman–Crippen LogP) is 2.53. The molecule has 1 amide bonds. The van der Waals surface area contributed by atoms with Crippen LogP contribution < -0.4 is 15.5 Å². The zero-order valence-corrected chi connectivity index (χ0v) is 18.3. The first-order chi connectivity index (χ1) is 14.7. The van der Waals surface area contributed by atoms with Gasteiger partial charge in [-0.2, -0.15) is 0 Å². The first kappa shape index (κ1) is 20.9. The Bertz CT molecular complexity index is 739. The van der Waals surface area contributed by atoms with Gasteiger partial charge in [0.25, 0.3) is 0 Å². The molecule has 3 aliphatic rings. The zero-order valence-electron chi connectivity index (χ0n) is 18.3. The molecule has 2 saturated heterocycles. The van der Waals surface area contributed by atoms with E-state index >= 15 is 0 Å². The van der Waals surface area contributed by atoms with Gasteiger partial charge in [0, 0.05) is 57.9 Å². The number of amides is 1. The Kier molecular flexibility index (Phi) is 7.07. The number of guanidine groups is 1. The van der Waals surface area contributed by atoms with Crippen LogP contribution in [0, 0.1) is 5.92 Å². The van der Waals surface area contributed by atoms with Crippen LogP contribution in [0.5, 0.6) is 0 Å². The number of nitrogens with zero attached hydrogens (tertiary/aromatic N) is 4. The van der Waals surface area contributed by atoms with Crippen LogP contribution in [0.4, 0.5) is 5.82 Å². The Hall–Kier alpha value is -2.31. The lowest BCUT2D eigenvalue weighted by Crippen LogP contribution is -2.45. The van der Waals surface area contributed by atoms with Gasteiger partial charge in [0.15, 0.2) is 5.96 Å². The standard InChI is InChI=1S/C23H36N6O/c1-24-23(27-20-10-14-29(17-20)22(30)19-7-3-4-8-19)26-16-18-9-11-25-21(15-18)28-12-5-2-6-13-28/h9,11,15,19-20H,2-8,10,12-14,16-17H2,1H3,(H2,24,26,27). The van der Waals surface area contributed by atoms with Crippen LogP contribution >= 0.6 is 0 Å². The lowest BCUT2D eigenvalue weighted by molar-refractivity contribution is -0.134. The van der Waals surface area contributed by atoms with Gasteiger partial charge < -0.3 is 20.4 Å². The van der Waals surface area contributed by atoms with E-state index in [4.69, 9.17) is 0 Å². The lowest BCUT2D eigenvalue weighted by Gasteiger charge is -2.28. The van der Waals surface area contributed by atoms with Crippen molar-refractivity contribution in [3.8, 4) is 0 Å². The van der Waals surface area contributed by atoms with Crippen LogP contribution in [-0.2, 0) is 11.3 Å². The van der Waals surface area contributed by atoms with E-state index in [-0.39, 0.29) is 12.0 Å². The maximum atomic E-state index is 12.7. The van der Waals surface area contributed by atoms with Gasteiger partial charge in [0.05, 0.1) is 0 Å². The van der Waals surface area contributed by atoms with Crippen molar-refractivity contribution in [3.63, 3.8) is 0 Å². The molecule has 164 valence electrons. The summed E-state index contributed by atoms with van der Waals surface area (Å²) in [5.41, 5.74) is 1.21. The number of hydrogen-bond donors (Lipinski definition) is 2. The average molecular weight is 413 g/mol. The fourth-order valence-electron chi connectivity index (χ4n) is 4.95. The topological polar surface area (TPSA) is 72.9 Å². The lowest BCUT2D eigenvalue weighted by atomic mass is 10.1. The maximum absolute atomic E-state index is 12.7. The van der Waals surface area contributed by atoms with E-state index in [0.717, 1.165) is 57.2 Å². The van der Waals surface area contributed by atoms with E-state index in [9.17, 15) is 4.79 Å². The number of carbonyl (C=O) groups is 1. The van der Waals surface area contributed by atoms with Gasteiger partial charge in [-0.3, -0.25) is 9.79 Å². The molecule has 3 heterocycles. The number of anilines is 1. The summed E-state index contributed by atoms with van der Waals surface area (Å²) in [5, 5.41) is 6.94. The molecular formula is C23H36N6O. The molecule has 1 atom stereocenters. The summed E-state index contributed by atoms with van der Waals surface area (Å²) in [7, 11) is 1.80. The van der Waals surface area contributed by atoms with Crippen molar-refractivity contribution in [2.75, 3.05) is 38.1 Å². The number of likely N-dealkylation sites (tertiary alicyclic amines) is 1. The molecular weight excluding hydrogens is 376 g/mol. The SMILES string of the molecule is CN=C(NCc1ccnc(N2CCCCC2)c1)NC1CCN(C(=O)C2CCCC2)C1. The van der Waals surface area contributed by atoms with Gasteiger partial charge in [-0.1, -0.05) is 12.8 Å². The minimum atomic E-state index is 0.266. The summed E-state index contributed by atoms with van der Waals surface area (Å²) in [5.74, 6) is 2.50. The number of carbonyl (C=O) groups excluding carboxylic acids is 1. The van der Waals surface area contributed by atoms with Crippen molar-refractivity contribution in [2.24, 2.45) is 10.9 Å². The first-order valence-corrected chi connectivity index (χ1v) is 11.7. The number of nitrogens with one attached hydrogen (secondary N) is 2. The van der Waals surface area contributed by atoms with Crippen LogP contribution in [0.1, 0.15) is 56.9 Å². The second-order valence-electron chi connectivity index (χ2n) is 8.89. The Labute approximate surface area is 180 Å². The highest BCUT2D eigenvalue weighted by Gasteiger charge is 2.32. The number of aliphatic imine (C=N–C) groups is 1. The van der Waals surface area contributed by atoms with Gasteiger partial charge in [-0.15, -0.1) is 0 Å². The van der Waals surface area contributed by atoms with Gasteiger partial charge >= 0.3 is 0 Å². The second-order valence-corrected chi connectivity index (χ2v) is 8.89. The first-order valence-electron chi connectivity index (χ1n) is 11.7. The van der Waals surface area contributed by atoms with E-state index in [1.165, 1.54) is 37.7 Å². The molecule has 0 aromatic carbocycles. The summed E-state index contributed by atoms with van der Waals surface area (Å²) in [6.07, 6.45) is 11.3. The largest absolute Gasteiger partial charge is 0.357 e. The Morgan fingerprint density at radius 3 is 2.70 bits per heavy atom. The number of hydrogen-bond acceptors (Lipinski definition) is 4. The molecule has 2 aliphatic heterocycles. The minimum absolute atomic E-state index is 0.266. The molecule has 1 unspecified atom stereocenters. The van der Waals surface area contributed by atoms with Crippen molar-refractivity contribution in [3.05, 3.63) is 23.9 Å². The molecule has 7 nitrogen and oxygen atoms in total. The van der Waals surface area contributed by atoms with Crippen molar-refractivity contribution < 1.29 is 4.79 Å². The number of aromatic nitrogens is 1. The molecule has 1 aromatic heterocycles. The van der Waals surface area contributed by atoms with Gasteiger partial charge in [-0.05, 0) is 56.2 Å². The van der Waals surface area contributed by atoms with E-state index in [1.54, 1.807) is 7.05 Å². The third-order valence-corrected chi connectivity index (χ3v) is 6.72. The summed E-state index contributed by atoms with van der Waals surface area (Å²) in [4.78, 5) is 26.1. The number of piperidine rings is 1. The molecule has 0 bridgehead atoms. The van der Waals surface area contributed by atoms with Crippen molar-refractivity contribution in [2.45, 2.75) is 64.0 Å². The number of pyridine rings is 1. The summed E-state index contributed by atoms with van der Waals surface area (Å²) in [6.45, 7) is 4.55. The third-order valence-electron chi connectivity index (χ3n) is 6.72. The monoisotopic (exact) mass is 412 g/mol. The molecule has 1 aromatic rings. The van der Waals surface area contributed by atoms with Crippen molar-refractivity contribution >= 4 is 17.7 Å². The zero-order chi connectivity index (χ0) is 20.8. The molecule has 0 spiro atoms. The molecule has 3 fully saturated rings. The molecule has 4 rings (SSSR count). The summed E-state index contributed by atoms with van der Waals surface area (Å²) in [6, 6.07) is 4.51. The highest BCUT2D eigenvalue weighted by molar-refractivity contribution is 5.81. The molecule has 0 radical (unpaired) electrons. The van der Waals surface area contributed by atoms with Crippen LogP contribution in [0.3, 0.4) is 0 Å². The van der Waals surface area contributed by atoms with E-state index in [2.05, 4.69) is 42.5 Å². The average Bonchev–Trinajstić information content (AvgIpc) is 3.49. The second kappa shape index (κ2) is 10.1. The summed E-state index contributed by atoms with van der Waals surface area (Å²) >= 11 is 0. The van der Waals surface area contributed by atoms with Gasteiger partial charge in [0.1, 0.15) is 5.82 Å². The minimum Gasteiger partial charge on any atom is -0.357 e. The van der Waals surface area contributed by atoms with Gasteiger partial charge in [0.2, 0.25) is 5.91 Å². The molecule has 30 heavy (non-hydrogen) atoms. The van der Waals surface area contributed by atoms with Crippen LogP contribution in [0.2, 0.25) is 0 Å². The Balaban J connectivity index is 1.26. The van der Waals surface area contributed by atoms with Crippen molar-refractivity contribution in [1.29, 1.82) is 0 Å².